The summed E-state index contributed by atoms with van der Waals surface area (Å²) in [5, 5.41) is 20.9. The third kappa shape index (κ3) is 2.90. The maximum absolute atomic E-state index is 13.8. The lowest BCUT2D eigenvalue weighted by Crippen LogP contribution is -2.42. The van der Waals surface area contributed by atoms with Crippen LogP contribution in [0, 0.1) is 22.6 Å². The minimum Gasteiger partial charge on any atom is -0.384 e. The van der Waals surface area contributed by atoms with Gasteiger partial charge in [-0.25, -0.2) is 4.39 Å². The van der Waals surface area contributed by atoms with Gasteiger partial charge in [0.15, 0.2) is 0 Å². The van der Waals surface area contributed by atoms with Crippen LogP contribution >= 0.6 is 23.2 Å². The summed E-state index contributed by atoms with van der Waals surface area (Å²) in [4.78, 5) is 0. The predicted octanol–water partition coefficient (Wildman–Crippen LogP) is 5.20. The molecule has 1 fully saturated rings. The van der Waals surface area contributed by atoms with E-state index in [9.17, 15) is 14.8 Å². The van der Waals surface area contributed by atoms with Crippen LogP contribution in [0.2, 0.25) is 10.0 Å². The van der Waals surface area contributed by atoms with Gasteiger partial charge in [-0.3, -0.25) is 0 Å². The third-order valence-electron chi connectivity index (χ3n) is 4.64. The van der Waals surface area contributed by atoms with Crippen molar-refractivity contribution in [2.24, 2.45) is 5.41 Å². The molecule has 1 saturated carbocycles. The smallest absolute Gasteiger partial charge is 0.142 e. The van der Waals surface area contributed by atoms with Crippen molar-refractivity contribution in [1.82, 2.24) is 0 Å². The molecule has 0 saturated heterocycles. The van der Waals surface area contributed by atoms with E-state index in [1.165, 1.54) is 6.07 Å². The number of hydrogen-bond acceptors (Lipinski definition) is 2. The molecule has 0 radical (unpaired) electrons. The molecule has 0 bridgehead atoms. The van der Waals surface area contributed by atoms with Crippen LogP contribution in [-0.2, 0) is 5.60 Å². The Labute approximate surface area is 134 Å². The summed E-state index contributed by atoms with van der Waals surface area (Å²) in [6.45, 7) is 1.55. The zero-order chi connectivity index (χ0) is 15.7. The standard InChI is InChI=1S/C16H18Cl2FNO/c1-15(21,11-8-14(19)13(18)9-12(11)17)16(10-20)6-4-2-3-5-7-16/h8-9,21H,2-7H2,1H3. The molecule has 1 atom stereocenters. The largest absolute Gasteiger partial charge is 0.384 e. The molecule has 2 nitrogen and oxygen atoms in total. The van der Waals surface area contributed by atoms with Crippen LogP contribution in [-0.4, -0.2) is 5.11 Å². The van der Waals surface area contributed by atoms with Gasteiger partial charge in [-0.05, 0) is 31.9 Å². The Hall–Kier alpha value is -0.820. The minimum absolute atomic E-state index is 0.0913. The van der Waals surface area contributed by atoms with Gasteiger partial charge < -0.3 is 5.11 Å². The molecule has 114 valence electrons. The van der Waals surface area contributed by atoms with Crippen molar-refractivity contribution < 1.29 is 9.50 Å². The molecule has 0 aliphatic heterocycles. The summed E-state index contributed by atoms with van der Waals surface area (Å²) in [5.41, 5.74) is -2.24. The lowest BCUT2D eigenvalue weighted by Gasteiger charge is -2.40. The molecule has 0 aromatic heterocycles. The van der Waals surface area contributed by atoms with Crippen LogP contribution in [0.15, 0.2) is 12.1 Å². The lowest BCUT2D eigenvalue weighted by atomic mass is 9.66. The Morgan fingerprint density at radius 3 is 2.29 bits per heavy atom. The average molecular weight is 330 g/mol. The highest BCUT2D eigenvalue weighted by atomic mass is 35.5. The molecule has 0 amide bonds. The molecule has 5 heteroatoms. The summed E-state index contributed by atoms with van der Waals surface area (Å²) in [6, 6.07) is 4.72. The van der Waals surface area contributed by atoms with E-state index in [1.54, 1.807) is 6.92 Å². The second kappa shape index (κ2) is 6.12. The van der Waals surface area contributed by atoms with Gasteiger partial charge >= 0.3 is 0 Å². The van der Waals surface area contributed by atoms with Crippen molar-refractivity contribution in [2.75, 3.05) is 0 Å². The Balaban J connectivity index is 2.53. The molecular weight excluding hydrogens is 312 g/mol. The highest BCUT2D eigenvalue weighted by Crippen LogP contribution is 2.50. The van der Waals surface area contributed by atoms with E-state index in [2.05, 4.69) is 6.07 Å². The molecule has 1 aromatic rings. The number of nitriles is 1. The van der Waals surface area contributed by atoms with E-state index in [-0.39, 0.29) is 15.6 Å². The highest BCUT2D eigenvalue weighted by Gasteiger charge is 2.49. The van der Waals surface area contributed by atoms with E-state index in [0.29, 0.717) is 12.8 Å². The molecule has 1 N–H and O–H groups in total. The number of benzene rings is 1. The van der Waals surface area contributed by atoms with Crippen molar-refractivity contribution in [3.8, 4) is 6.07 Å². The van der Waals surface area contributed by atoms with Gasteiger partial charge in [-0.15, -0.1) is 0 Å². The van der Waals surface area contributed by atoms with Crippen molar-refractivity contribution in [1.29, 1.82) is 5.26 Å². The van der Waals surface area contributed by atoms with Crippen LogP contribution in [0.3, 0.4) is 0 Å². The molecule has 1 aliphatic rings. The lowest BCUT2D eigenvalue weighted by molar-refractivity contribution is -0.0534. The Morgan fingerprint density at radius 2 is 1.76 bits per heavy atom. The molecule has 1 aromatic carbocycles. The first-order valence-corrected chi connectivity index (χ1v) is 7.88. The zero-order valence-electron chi connectivity index (χ0n) is 11.9. The first-order chi connectivity index (χ1) is 9.84. The van der Waals surface area contributed by atoms with Crippen LogP contribution in [0.1, 0.15) is 51.0 Å². The van der Waals surface area contributed by atoms with Crippen LogP contribution in [0.25, 0.3) is 0 Å². The fourth-order valence-electron chi connectivity index (χ4n) is 3.19. The highest BCUT2D eigenvalue weighted by molar-refractivity contribution is 6.35. The first-order valence-electron chi connectivity index (χ1n) is 7.13. The summed E-state index contributed by atoms with van der Waals surface area (Å²) >= 11 is 11.9. The van der Waals surface area contributed by atoms with Gasteiger partial charge in [0.1, 0.15) is 11.4 Å². The molecule has 0 spiro atoms. The molecule has 1 unspecified atom stereocenters. The monoisotopic (exact) mass is 329 g/mol. The van der Waals surface area contributed by atoms with Gasteiger partial charge in [0, 0.05) is 10.6 Å². The number of hydrogen-bond donors (Lipinski definition) is 1. The Bertz CT molecular complexity index is 572. The fourth-order valence-corrected chi connectivity index (χ4v) is 3.76. The molecule has 1 aliphatic carbocycles. The van der Waals surface area contributed by atoms with Gasteiger partial charge in [0.05, 0.1) is 16.5 Å². The molecule has 0 heterocycles. The van der Waals surface area contributed by atoms with Crippen molar-refractivity contribution in [3.63, 3.8) is 0 Å². The predicted molar refractivity (Wildman–Crippen MR) is 81.7 cm³/mol. The Morgan fingerprint density at radius 1 is 1.19 bits per heavy atom. The van der Waals surface area contributed by atoms with Gasteiger partial charge in [-0.2, -0.15) is 5.26 Å². The summed E-state index contributed by atoms with van der Waals surface area (Å²) in [5.74, 6) is -0.641. The van der Waals surface area contributed by atoms with E-state index >= 15 is 0 Å². The molecule has 21 heavy (non-hydrogen) atoms. The SMILES string of the molecule is CC(O)(c1cc(F)c(Cl)cc1Cl)C1(C#N)CCCCCC1. The maximum Gasteiger partial charge on any atom is 0.142 e. The second-order valence-electron chi connectivity index (χ2n) is 5.93. The van der Waals surface area contributed by atoms with E-state index in [4.69, 9.17) is 23.2 Å². The maximum atomic E-state index is 13.8. The minimum atomic E-state index is -1.52. The van der Waals surface area contributed by atoms with Crippen molar-refractivity contribution in [3.05, 3.63) is 33.6 Å². The van der Waals surface area contributed by atoms with Crippen LogP contribution in [0.5, 0.6) is 0 Å². The second-order valence-corrected chi connectivity index (χ2v) is 6.74. The summed E-state index contributed by atoms with van der Waals surface area (Å²) < 4.78 is 13.8. The molecule has 2 rings (SSSR count). The number of aliphatic hydroxyl groups is 1. The van der Waals surface area contributed by atoms with Gasteiger partial charge in [0.25, 0.3) is 0 Å². The van der Waals surface area contributed by atoms with Crippen LogP contribution in [0.4, 0.5) is 4.39 Å². The third-order valence-corrected chi connectivity index (χ3v) is 5.24. The normalized spacial score (nSPS) is 21.1. The topological polar surface area (TPSA) is 44.0 Å². The number of nitrogens with zero attached hydrogens (tertiary/aromatic N) is 1. The fraction of sp³-hybridized carbons (Fsp3) is 0.562. The molecular formula is C16H18Cl2FNO. The van der Waals surface area contributed by atoms with E-state index < -0.39 is 16.8 Å². The van der Waals surface area contributed by atoms with Gasteiger partial charge in [0.2, 0.25) is 0 Å². The Kier molecular flexibility index (Phi) is 4.82. The summed E-state index contributed by atoms with van der Waals surface area (Å²) in [6.07, 6.45) is 4.99. The number of rotatable bonds is 2. The zero-order valence-corrected chi connectivity index (χ0v) is 13.4. The van der Waals surface area contributed by atoms with Gasteiger partial charge in [-0.1, -0.05) is 48.9 Å². The van der Waals surface area contributed by atoms with E-state index in [1.807, 2.05) is 0 Å². The average Bonchev–Trinajstić information content (AvgIpc) is 2.69. The van der Waals surface area contributed by atoms with Crippen LogP contribution < -0.4 is 0 Å². The quantitative estimate of drug-likeness (QED) is 0.598. The van der Waals surface area contributed by atoms with Crippen molar-refractivity contribution >= 4 is 23.2 Å². The number of halogens is 3. The first kappa shape index (κ1) is 16.5. The summed E-state index contributed by atoms with van der Waals surface area (Å²) in [7, 11) is 0. The van der Waals surface area contributed by atoms with Crippen molar-refractivity contribution in [2.45, 2.75) is 51.0 Å². The van der Waals surface area contributed by atoms with E-state index in [0.717, 1.165) is 31.7 Å².